The first-order chi connectivity index (χ1) is 5.72. The monoisotopic (exact) mass is 186 g/mol. The Balaban J connectivity index is 2.43. The van der Waals surface area contributed by atoms with Crippen LogP contribution in [0.15, 0.2) is 11.6 Å². The Labute approximate surface area is 77.4 Å². The van der Waals surface area contributed by atoms with Crippen LogP contribution in [0.2, 0.25) is 0 Å². The molecule has 0 radical (unpaired) electrons. The van der Waals surface area contributed by atoms with Crippen molar-refractivity contribution in [3.05, 3.63) is 11.6 Å². The van der Waals surface area contributed by atoms with Gasteiger partial charge in [0.25, 0.3) is 0 Å². The molecule has 2 nitrogen and oxygen atoms in total. The van der Waals surface area contributed by atoms with E-state index in [1.54, 1.807) is 6.08 Å². The number of thioether (sulfide) groups is 1. The van der Waals surface area contributed by atoms with Crippen molar-refractivity contribution in [1.29, 1.82) is 0 Å². The van der Waals surface area contributed by atoms with E-state index >= 15 is 0 Å². The summed E-state index contributed by atoms with van der Waals surface area (Å²) in [6.45, 7) is 2.22. The zero-order valence-corrected chi connectivity index (χ0v) is 8.32. The highest BCUT2D eigenvalue weighted by molar-refractivity contribution is 8.00. The van der Waals surface area contributed by atoms with Crippen molar-refractivity contribution in [1.82, 2.24) is 0 Å². The first kappa shape index (κ1) is 9.65. The third-order valence-corrected chi connectivity index (χ3v) is 3.29. The Hall–Kier alpha value is -0.440. The Morgan fingerprint density at radius 1 is 1.75 bits per heavy atom. The smallest absolute Gasteiger partial charge is 0.330 e. The van der Waals surface area contributed by atoms with Gasteiger partial charge in [-0.3, -0.25) is 0 Å². The molecule has 0 aliphatic carbocycles. The van der Waals surface area contributed by atoms with E-state index < -0.39 is 0 Å². The molecule has 1 saturated heterocycles. The van der Waals surface area contributed by atoms with Crippen LogP contribution in [-0.2, 0) is 9.53 Å². The fourth-order valence-electron chi connectivity index (χ4n) is 1.13. The van der Waals surface area contributed by atoms with Gasteiger partial charge in [-0.05, 0) is 12.8 Å². The predicted octanol–water partition coefficient (Wildman–Crippen LogP) is 2.00. The van der Waals surface area contributed by atoms with Crippen LogP contribution >= 0.6 is 11.8 Å². The molecular formula is C9H14O2S. The van der Waals surface area contributed by atoms with Gasteiger partial charge in [0.2, 0.25) is 0 Å². The Morgan fingerprint density at radius 2 is 2.50 bits per heavy atom. The van der Waals surface area contributed by atoms with Crippen molar-refractivity contribution >= 4 is 17.7 Å². The predicted molar refractivity (Wildman–Crippen MR) is 51.3 cm³/mol. The lowest BCUT2D eigenvalue weighted by Crippen LogP contribution is -2.09. The lowest BCUT2D eigenvalue weighted by molar-refractivity contribution is -0.134. The average Bonchev–Trinajstić information content (AvgIpc) is 2.09. The van der Waals surface area contributed by atoms with Crippen LogP contribution in [0.5, 0.6) is 0 Å². The van der Waals surface area contributed by atoms with Gasteiger partial charge in [0, 0.05) is 17.1 Å². The maximum Gasteiger partial charge on any atom is 0.330 e. The molecule has 68 valence electrons. The molecular weight excluding hydrogens is 172 g/mol. The first-order valence-electron chi connectivity index (χ1n) is 4.11. The van der Waals surface area contributed by atoms with E-state index in [1.165, 1.54) is 19.1 Å². The van der Waals surface area contributed by atoms with E-state index in [4.69, 9.17) is 0 Å². The molecule has 1 aliphatic heterocycles. The van der Waals surface area contributed by atoms with E-state index in [0.29, 0.717) is 0 Å². The number of esters is 1. The Morgan fingerprint density at radius 3 is 3.00 bits per heavy atom. The zero-order valence-electron chi connectivity index (χ0n) is 7.50. The molecule has 1 atom stereocenters. The van der Waals surface area contributed by atoms with Gasteiger partial charge in [-0.1, -0.05) is 12.5 Å². The van der Waals surface area contributed by atoms with Crippen molar-refractivity contribution in [2.24, 2.45) is 0 Å². The number of ether oxygens (including phenoxy) is 1. The van der Waals surface area contributed by atoms with E-state index in [1.807, 2.05) is 11.8 Å². The van der Waals surface area contributed by atoms with Crippen molar-refractivity contribution < 1.29 is 9.53 Å². The molecule has 3 heteroatoms. The Kier molecular flexibility index (Phi) is 3.66. The zero-order chi connectivity index (χ0) is 8.97. The maximum absolute atomic E-state index is 10.9. The van der Waals surface area contributed by atoms with Gasteiger partial charge < -0.3 is 4.74 Å². The van der Waals surface area contributed by atoms with E-state index in [0.717, 1.165) is 17.4 Å². The third-order valence-electron chi connectivity index (χ3n) is 1.95. The number of hydrogen-bond acceptors (Lipinski definition) is 3. The number of hydrogen-bond donors (Lipinski definition) is 0. The van der Waals surface area contributed by atoms with Crippen LogP contribution in [0.1, 0.15) is 19.8 Å². The van der Waals surface area contributed by atoms with Gasteiger partial charge in [0.1, 0.15) is 0 Å². The summed E-state index contributed by atoms with van der Waals surface area (Å²) >= 11 is 1.90. The first-order valence-corrected chi connectivity index (χ1v) is 5.16. The second-order valence-electron chi connectivity index (χ2n) is 2.99. The lowest BCUT2D eigenvalue weighted by atomic mass is 10.1. The molecule has 0 spiro atoms. The number of rotatable bonds is 1. The van der Waals surface area contributed by atoms with Crippen molar-refractivity contribution in [2.45, 2.75) is 25.0 Å². The van der Waals surface area contributed by atoms with Crippen molar-refractivity contribution in [2.75, 3.05) is 12.9 Å². The van der Waals surface area contributed by atoms with Crippen molar-refractivity contribution in [3.63, 3.8) is 0 Å². The molecule has 0 aromatic rings. The van der Waals surface area contributed by atoms with Crippen LogP contribution in [0.4, 0.5) is 0 Å². The molecule has 1 fully saturated rings. The molecule has 0 N–H and O–H groups in total. The van der Waals surface area contributed by atoms with Crippen molar-refractivity contribution in [3.8, 4) is 0 Å². The quantitative estimate of drug-likeness (QED) is 0.463. The molecule has 1 unspecified atom stereocenters. The van der Waals surface area contributed by atoms with E-state index in [2.05, 4.69) is 11.7 Å². The summed E-state index contributed by atoms with van der Waals surface area (Å²) in [5.41, 5.74) is 1.21. The summed E-state index contributed by atoms with van der Waals surface area (Å²) in [6, 6.07) is 0. The standard InChI is InChI=1S/C9H14O2S/c1-7-3-4-8(6-12-7)5-9(10)11-2/h5,7H,3-4,6H2,1-2H3/b8-5-. The van der Waals surface area contributed by atoms with Gasteiger partial charge in [0.15, 0.2) is 0 Å². The van der Waals surface area contributed by atoms with Gasteiger partial charge in [-0.2, -0.15) is 11.8 Å². The summed E-state index contributed by atoms with van der Waals surface area (Å²) < 4.78 is 4.56. The van der Waals surface area contributed by atoms with Gasteiger partial charge >= 0.3 is 5.97 Å². The summed E-state index contributed by atoms with van der Waals surface area (Å²) in [6.07, 6.45) is 3.84. The molecule has 12 heavy (non-hydrogen) atoms. The highest BCUT2D eigenvalue weighted by Gasteiger charge is 2.13. The second kappa shape index (κ2) is 4.55. The molecule has 0 amide bonds. The minimum atomic E-state index is -0.222. The Bertz CT molecular complexity index is 189. The van der Waals surface area contributed by atoms with E-state index in [-0.39, 0.29) is 5.97 Å². The minimum absolute atomic E-state index is 0.222. The molecule has 0 aromatic heterocycles. The summed E-state index contributed by atoms with van der Waals surface area (Å²) in [7, 11) is 1.41. The highest BCUT2D eigenvalue weighted by atomic mass is 32.2. The normalized spacial score (nSPS) is 27.2. The largest absolute Gasteiger partial charge is 0.466 e. The maximum atomic E-state index is 10.9. The topological polar surface area (TPSA) is 26.3 Å². The molecule has 1 rings (SSSR count). The molecule has 0 saturated carbocycles. The van der Waals surface area contributed by atoms with Crippen LogP contribution in [0, 0.1) is 0 Å². The fourth-order valence-corrected chi connectivity index (χ4v) is 2.14. The molecule has 0 bridgehead atoms. The highest BCUT2D eigenvalue weighted by Crippen LogP contribution is 2.28. The van der Waals surface area contributed by atoms with Crippen LogP contribution in [0.25, 0.3) is 0 Å². The van der Waals surface area contributed by atoms with Gasteiger partial charge in [-0.15, -0.1) is 0 Å². The number of methoxy groups -OCH3 is 1. The van der Waals surface area contributed by atoms with Crippen LogP contribution in [-0.4, -0.2) is 24.1 Å². The number of carbonyl (C=O) groups is 1. The van der Waals surface area contributed by atoms with E-state index in [9.17, 15) is 4.79 Å². The molecule has 1 heterocycles. The van der Waals surface area contributed by atoms with Crippen LogP contribution < -0.4 is 0 Å². The SMILES string of the molecule is COC(=O)/C=C1/CCC(C)SC1. The average molecular weight is 186 g/mol. The second-order valence-corrected chi connectivity index (χ2v) is 4.41. The summed E-state index contributed by atoms with van der Waals surface area (Å²) in [5, 5.41) is 0.736. The van der Waals surface area contributed by atoms with Gasteiger partial charge in [-0.25, -0.2) is 4.79 Å². The summed E-state index contributed by atoms with van der Waals surface area (Å²) in [5.74, 6) is 0.760. The van der Waals surface area contributed by atoms with Gasteiger partial charge in [0.05, 0.1) is 7.11 Å². The third kappa shape index (κ3) is 2.89. The molecule has 1 aliphatic rings. The molecule has 0 aromatic carbocycles. The fraction of sp³-hybridized carbons (Fsp3) is 0.667. The number of carbonyl (C=O) groups excluding carboxylic acids is 1. The summed E-state index contributed by atoms with van der Waals surface area (Å²) in [4.78, 5) is 10.9. The minimum Gasteiger partial charge on any atom is -0.466 e. The lowest BCUT2D eigenvalue weighted by Gasteiger charge is -2.19. The van der Waals surface area contributed by atoms with Crippen LogP contribution in [0.3, 0.4) is 0 Å².